The molecule has 1 atom stereocenters. The first kappa shape index (κ1) is 18.1. The van der Waals surface area contributed by atoms with Crippen molar-refractivity contribution in [3.8, 4) is 22.8 Å². The lowest BCUT2D eigenvalue weighted by molar-refractivity contribution is 0.0741. The number of phenolic OH excluding ortho intramolecular Hbond substituents is 1. The molecule has 0 radical (unpaired) electrons. The van der Waals surface area contributed by atoms with Crippen LogP contribution in [0.15, 0.2) is 48.5 Å². The van der Waals surface area contributed by atoms with E-state index in [2.05, 4.69) is 17.1 Å². The number of hydrogen-bond donors (Lipinski definition) is 2. The van der Waals surface area contributed by atoms with Crippen molar-refractivity contribution < 1.29 is 14.6 Å². The number of phenols is 1. The SMILES string of the molecule is CCCCN1C(=O)c2[nH]nc(-c3ccccc3)c2C1c1ccc(OC)c(O)c1. The van der Waals surface area contributed by atoms with Crippen LogP contribution in [0.3, 0.4) is 0 Å². The van der Waals surface area contributed by atoms with E-state index in [9.17, 15) is 9.90 Å². The number of rotatable bonds is 6. The molecule has 3 aromatic rings. The Morgan fingerprint density at radius 1 is 1.21 bits per heavy atom. The van der Waals surface area contributed by atoms with Gasteiger partial charge in [-0.05, 0) is 24.1 Å². The zero-order valence-corrected chi connectivity index (χ0v) is 16.0. The van der Waals surface area contributed by atoms with Gasteiger partial charge in [0.25, 0.3) is 5.91 Å². The van der Waals surface area contributed by atoms with E-state index in [-0.39, 0.29) is 17.7 Å². The fourth-order valence-electron chi connectivity index (χ4n) is 3.80. The van der Waals surface area contributed by atoms with Crippen LogP contribution in [0.5, 0.6) is 11.5 Å². The van der Waals surface area contributed by atoms with Gasteiger partial charge in [-0.2, -0.15) is 5.10 Å². The Hall–Kier alpha value is -3.28. The first-order valence-electron chi connectivity index (χ1n) is 9.47. The Morgan fingerprint density at radius 2 is 2.00 bits per heavy atom. The molecule has 2 N–H and O–H groups in total. The molecule has 1 aliphatic rings. The first-order valence-corrected chi connectivity index (χ1v) is 9.47. The van der Waals surface area contributed by atoms with Gasteiger partial charge in [-0.1, -0.05) is 49.7 Å². The molecule has 2 aromatic carbocycles. The second-order valence-electron chi connectivity index (χ2n) is 6.91. The van der Waals surface area contributed by atoms with Crippen LogP contribution in [0.25, 0.3) is 11.3 Å². The molecule has 1 unspecified atom stereocenters. The quantitative estimate of drug-likeness (QED) is 0.677. The van der Waals surface area contributed by atoms with Crippen molar-refractivity contribution in [3.63, 3.8) is 0 Å². The van der Waals surface area contributed by atoms with E-state index in [1.807, 2.05) is 41.3 Å². The van der Waals surface area contributed by atoms with Crippen LogP contribution in [0.2, 0.25) is 0 Å². The summed E-state index contributed by atoms with van der Waals surface area (Å²) in [7, 11) is 1.52. The predicted molar refractivity (Wildman–Crippen MR) is 106 cm³/mol. The maximum absolute atomic E-state index is 13.1. The van der Waals surface area contributed by atoms with Crippen LogP contribution in [-0.2, 0) is 0 Å². The van der Waals surface area contributed by atoms with E-state index >= 15 is 0 Å². The second-order valence-corrected chi connectivity index (χ2v) is 6.91. The van der Waals surface area contributed by atoms with E-state index in [1.54, 1.807) is 12.1 Å². The lowest BCUT2D eigenvalue weighted by Gasteiger charge is -2.26. The summed E-state index contributed by atoms with van der Waals surface area (Å²) in [6.45, 7) is 2.74. The first-order chi connectivity index (χ1) is 13.7. The van der Waals surface area contributed by atoms with Gasteiger partial charge < -0.3 is 14.7 Å². The van der Waals surface area contributed by atoms with Crippen molar-refractivity contribution in [1.29, 1.82) is 0 Å². The lowest BCUT2D eigenvalue weighted by Crippen LogP contribution is -2.30. The largest absolute Gasteiger partial charge is 0.504 e. The van der Waals surface area contributed by atoms with Gasteiger partial charge in [0.1, 0.15) is 5.69 Å². The van der Waals surface area contributed by atoms with Gasteiger partial charge in [0.2, 0.25) is 0 Å². The maximum atomic E-state index is 13.1. The third-order valence-corrected chi connectivity index (χ3v) is 5.18. The number of aromatic nitrogens is 2. The fraction of sp³-hybridized carbons (Fsp3) is 0.273. The lowest BCUT2D eigenvalue weighted by atomic mass is 9.95. The Balaban J connectivity index is 1.86. The average Bonchev–Trinajstić information content (AvgIpc) is 3.26. The third kappa shape index (κ3) is 2.91. The highest BCUT2D eigenvalue weighted by molar-refractivity contribution is 6.00. The number of benzene rings is 2. The van der Waals surface area contributed by atoms with Crippen molar-refractivity contribution in [2.75, 3.05) is 13.7 Å². The summed E-state index contributed by atoms with van der Waals surface area (Å²) in [5, 5.41) is 17.7. The number of nitrogens with one attached hydrogen (secondary N) is 1. The van der Waals surface area contributed by atoms with Gasteiger partial charge in [0.15, 0.2) is 11.5 Å². The van der Waals surface area contributed by atoms with Gasteiger partial charge in [-0.15, -0.1) is 0 Å². The number of H-pyrrole nitrogens is 1. The van der Waals surface area contributed by atoms with Crippen molar-refractivity contribution >= 4 is 5.91 Å². The average molecular weight is 377 g/mol. The van der Waals surface area contributed by atoms with Gasteiger partial charge in [-0.25, -0.2) is 0 Å². The Labute approximate surface area is 163 Å². The van der Waals surface area contributed by atoms with E-state index in [0.29, 0.717) is 18.0 Å². The smallest absolute Gasteiger partial charge is 0.273 e. The Morgan fingerprint density at radius 3 is 2.68 bits per heavy atom. The highest BCUT2D eigenvalue weighted by Gasteiger charge is 2.42. The molecule has 0 spiro atoms. The number of amides is 1. The monoisotopic (exact) mass is 377 g/mol. The molecule has 0 saturated heterocycles. The molecular weight excluding hydrogens is 354 g/mol. The molecule has 28 heavy (non-hydrogen) atoms. The van der Waals surface area contributed by atoms with Crippen LogP contribution in [0.4, 0.5) is 0 Å². The van der Waals surface area contributed by atoms with Crippen LogP contribution in [-0.4, -0.2) is 39.8 Å². The summed E-state index contributed by atoms with van der Waals surface area (Å²) < 4.78 is 5.17. The van der Waals surface area contributed by atoms with Gasteiger partial charge >= 0.3 is 0 Å². The molecule has 0 bridgehead atoms. The number of aromatic amines is 1. The number of carbonyl (C=O) groups excluding carboxylic acids is 1. The van der Waals surface area contributed by atoms with Gasteiger partial charge in [0, 0.05) is 17.7 Å². The summed E-state index contributed by atoms with van der Waals surface area (Å²) in [6.07, 6.45) is 1.89. The van der Waals surface area contributed by atoms with E-state index in [4.69, 9.17) is 4.74 Å². The molecule has 0 saturated carbocycles. The number of unbranched alkanes of at least 4 members (excludes halogenated alkanes) is 1. The Kier molecular flexibility index (Phi) is 4.77. The minimum absolute atomic E-state index is 0.0566. The number of hydrogen-bond acceptors (Lipinski definition) is 4. The zero-order chi connectivity index (χ0) is 19.7. The zero-order valence-electron chi connectivity index (χ0n) is 16.0. The maximum Gasteiger partial charge on any atom is 0.273 e. The molecule has 1 aromatic heterocycles. The number of fused-ring (bicyclic) bond motifs is 1. The van der Waals surface area contributed by atoms with Crippen molar-refractivity contribution in [1.82, 2.24) is 15.1 Å². The third-order valence-electron chi connectivity index (χ3n) is 5.18. The molecule has 2 heterocycles. The molecule has 144 valence electrons. The highest BCUT2D eigenvalue weighted by Crippen LogP contribution is 2.44. The van der Waals surface area contributed by atoms with Crippen LogP contribution in [0, 0.1) is 0 Å². The van der Waals surface area contributed by atoms with Crippen LogP contribution < -0.4 is 4.74 Å². The van der Waals surface area contributed by atoms with Crippen LogP contribution in [0.1, 0.15) is 47.4 Å². The number of nitrogens with zero attached hydrogens (tertiary/aromatic N) is 2. The standard InChI is InChI=1S/C22H23N3O3/c1-3-4-12-25-21(15-10-11-17(28-2)16(26)13-15)18-19(14-8-6-5-7-9-14)23-24-20(18)22(25)27/h5-11,13,21,26H,3-4,12H2,1-2H3,(H,23,24). The molecule has 1 amide bonds. The van der Waals surface area contributed by atoms with Gasteiger partial charge in [-0.3, -0.25) is 9.89 Å². The molecule has 6 nitrogen and oxygen atoms in total. The normalized spacial score (nSPS) is 15.7. The molecular formula is C22H23N3O3. The van der Waals surface area contributed by atoms with E-state index in [1.165, 1.54) is 7.11 Å². The molecule has 1 aliphatic heterocycles. The van der Waals surface area contributed by atoms with Crippen molar-refractivity contribution in [2.24, 2.45) is 0 Å². The topological polar surface area (TPSA) is 78.5 Å². The fourth-order valence-corrected chi connectivity index (χ4v) is 3.80. The summed E-state index contributed by atoms with van der Waals surface area (Å²) in [6, 6.07) is 14.8. The minimum atomic E-state index is -0.306. The van der Waals surface area contributed by atoms with Gasteiger partial charge in [0.05, 0.1) is 18.8 Å². The number of methoxy groups -OCH3 is 1. The summed E-state index contributed by atoms with van der Waals surface area (Å²) in [5.41, 5.74) is 3.93. The minimum Gasteiger partial charge on any atom is -0.504 e. The molecule has 4 rings (SSSR count). The molecule has 0 fully saturated rings. The molecule has 0 aliphatic carbocycles. The summed E-state index contributed by atoms with van der Waals surface area (Å²) in [5.74, 6) is 0.406. The summed E-state index contributed by atoms with van der Waals surface area (Å²) >= 11 is 0. The van der Waals surface area contributed by atoms with Crippen molar-refractivity contribution in [3.05, 3.63) is 65.4 Å². The van der Waals surface area contributed by atoms with E-state index < -0.39 is 0 Å². The number of aromatic hydroxyl groups is 1. The number of ether oxygens (including phenoxy) is 1. The highest BCUT2D eigenvalue weighted by atomic mass is 16.5. The van der Waals surface area contributed by atoms with E-state index in [0.717, 1.165) is 35.2 Å². The Bertz CT molecular complexity index is 998. The summed E-state index contributed by atoms with van der Waals surface area (Å²) in [4.78, 5) is 15.0. The number of carbonyl (C=O) groups is 1. The molecule has 6 heteroatoms. The van der Waals surface area contributed by atoms with Crippen molar-refractivity contribution in [2.45, 2.75) is 25.8 Å². The predicted octanol–water partition coefficient (Wildman–Crippen LogP) is 4.14. The second kappa shape index (κ2) is 7.38. The van der Waals surface area contributed by atoms with Crippen LogP contribution >= 0.6 is 0 Å².